The summed E-state index contributed by atoms with van der Waals surface area (Å²) in [6.07, 6.45) is -0.780. The molecule has 1 aromatic carbocycles. The third-order valence-electron chi connectivity index (χ3n) is 2.56. The van der Waals surface area contributed by atoms with E-state index < -0.39 is 23.7 Å². The molecule has 0 saturated carbocycles. The van der Waals surface area contributed by atoms with Crippen molar-refractivity contribution in [2.75, 3.05) is 5.75 Å². The number of hydrogen-bond donors (Lipinski definition) is 2. The minimum Gasteiger partial charge on any atom is -0.480 e. The van der Waals surface area contributed by atoms with Crippen molar-refractivity contribution in [1.29, 1.82) is 0 Å². The lowest BCUT2D eigenvalue weighted by atomic mass is 10.2. The fourth-order valence-corrected chi connectivity index (χ4v) is 3.20. The molecule has 1 amide bonds. The number of ether oxygens (including phenoxy) is 1. The molecular weight excluding hydrogens is 389 g/mol. The highest BCUT2D eigenvalue weighted by Crippen LogP contribution is 2.24. The summed E-state index contributed by atoms with van der Waals surface area (Å²) >= 11 is 4.43. The number of carbonyl (C=O) groups is 2. The van der Waals surface area contributed by atoms with Crippen LogP contribution in [0.4, 0.5) is 9.18 Å². The van der Waals surface area contributed by atoms with Crippen LogP contribution in [0.15, 0.2) is 22.7 Å². The van der Waals surface area contributed by atoms with Crippen molar-refractivity contribution in [2.45, 2.75) is 38.2 Å². The van der Waals surface area contributed by atoms with Gasteiger partial charge in [-0.05, 0) is 48.3 Å². The maximum Gasteiger partial charge on any atom is 0.408 e. The van der Waals surface area contributed by atoms with Gasteiger partial charge in [0, 0.05) is 11.5 Å². The molecule has 0 bridgehead atoms. The average molecular weight is 408 g/mol. The van der Waals surface area contributed by atoms with Crippen molar-refractivity contribution >= 4 is 39.8 Å². The average Bonchev–Trinajstić information content (AvgIpc) is 2.40. The van der Waals surface area contributed by atoms with Crippen LogP contribution in [0.3, 0.4) is 0 Å². The summed E-state index contributed by atoms with van der Waals surface area (Å²) in [5, 5.41) is 11.5. The van der Waals surface area contributed by atoms with Crippen LogP contribution in [-0.2, 0) is 15.3 Å². The van der Waals surface area contributed by atoms with Crippen LogP contribution in [0, 0.1) is 5.82 Å². The van der Waals surface area contributed by atoms with Crippen molar-refractivity contribution in [3.8, 4) is 0 Å². The predicted octanol–water partition coefficient (Wildman–Crippen LogP) is 3.80. The summed E-state index contributed by atoms with van der Waals surface area (Å²) in [5.74, 6) is -0.971. The molecule has 0 aromatic heterocycles. The molecule has 128 valence electrons. The highest BCUT2D eigenvalue weighted by molar-refractivity contribution is 9.10. The topological polar surface area (TPSA) is 75.6 Å². The van der Waals surface area contributed by atoms with E-state index in [0.29, 0.717) is 10.2 Å². The fraction of sp³-hybridized carbons (Fsp3) is 0.467. The van der Waals surface area contributed by atoms with E-state index in [1.54, 1.807) is 32.9 Å². The Balaban J connectivity index is 2.55. The number of carboxylic acid groups (broad SMARTS) is 1. The first-order valence-electron chi connectivity index (χ1n) is 6.83. The van der Waals surface area contributed by atoms with Gasteiger partial charge in [-0.1, -0.05) is 12.1 Å². The van der Waals surface area contributed by atoms with Crippen LogP contribution < -0.4 is 5.32 Å². The number of rotatable bonds is 6. The molecule has 1 atom stereocenters. The van der Waals surface area contributed by atoms with Crippen LogP contribution in [0.1, 0.15) is 26.3 Å². The number of thioether (sulfide) groups is 1. The Labute approximate surface area is 147 Å². The third-order valence-corrected chi connectivity index (χ3v) is 4.53. The largest absolute Gasteiger partial charge is 0.480 e. The Kier molecular flexibility index (Phi) is 7.34. The summed E-state index contributed by atoms with van der Waals surface area (Å²) < 4.78 is 18.8. The second-order valence-electron chi connectivity index (χ2n) is 5.77. The van der Waals surface area contributed by atoms with Gasteiger partial charge in [0.15, 0.2) is 0 Å². The molecule has 1 aromatic rings. The summed E-state index contributed by atoms with van der Waals surface area (Å²) in [7, 11) is 0. The minimum absolute atomic E-state index is 0.136. The maximum atomic E-state index is 13.4. The number of nitrogens with one attached hydrogen (secondary N) is 1. The predicted molar refractivity (Wildman–Crippen MR) is 91.1 cm³/mol. The van der Waals surface area contributed by atoms with Gasteiger partial charge >= 0.3 is 12.1 Å². The molecule has 1 rings (SSSR count). The molecule has 0 aliphatic heterocycles. The van der Waals surface area contributed by atoms with Gasteiger partial charge in [0.1, 0.15) is 17.5 Å². The molecule has 2 N–H and O–H groups in total. The third kappa shape index (κ3) is 7.22. The van der Waals surface area contributed by atoms with Crippen molar-refractivity contribution < 1.29 is 23.8 Å². The first-order valence-corrected chi connectivity index (χ1v) is 8.78. The number of hydrogen-bond acceptors (Lipinski definition) is 4. The molecule has 8 heteroatoms. The van der Waals surface area contributed by atoms with Crippen LogP contribution in [0.25, 0.3) is 0 Å². The molecule has 1 unspecified atom stereocenters. The summed E-state index contributed by atoms with van der Waals surface area (Å²) in [6, 6.07) is 3.59. The zero-order chi connectivity index (χ0) is 17.6. The number of benzene rings is 1. The van der Waals surface area contributed by atoms with E-state index in [9.17, 15) is 14.0 Å². The van der Waals surface area contributed by atoms with Gasteiger partial charge in [-0.2, -0.15) is 11.8 Å². The Morgan fingerprint density at radius 3 is 2.65 bits per heavy atom. The summed E-state index contributed by atoms with van der Waals surface area (Å²) in [4.78, 5) is 22.9. The van der Waals surface area contributed by atoms with Gasteiger partial charge < -0.3 is 15.2 Å². The van der Waals surface area contributed by atoms with Crippen molar-refractivity contribution in [3.05, 3.63) is 34.1 Å². The second-order valence-corrected chi connectivity index (χ2v) is 7.59. The van der Waals surface area contributed by atoms with Crippen LogP contribution in [-0.4, -0.2) is 34.6 Å². The van der Waals surface area contributed by atoms with Crippen molar-refractivity contribution in [1.82, 2.24) is 5.32 Å². The summed E-state index contributed by atoms with van der Waals surface area (Å²) in [5.41, 5.74) is 0.0172. The van der Waals surface area contributed by atoms with Gasteiger partial charge in [0.25, 0.3) is 0 Å². The van der Waals surface area contributed by atoms with Crippen LogP contribution in [0.5, 0.6) is 0 Å². The number of carbonyl (C=O) groups excluding carboxylic acids is 1. The highest BCUT2D eigenvalue weighted by Gasteiger charge is 2.24. The summed E-state index contributed by atoms with van der Waals surface area (Å²) in [6.45, 7) is 5.08. The van der Waals surface area contributed by atoms with Gasteiger partial charge in [0.05, 0.1) is 4.47 Å². The molecule has 0 heterocycles. The normalized spacial score (nSPS) is 12.6. The van der Waals surface area contributed by atoms with E-state index in [1.165, 1.54) is 17.8 Å². The first-order chi connectivity index (χ1) is 10.6. The van der Waals surface area contributed by atoms with Crippen molar-refractivity contribution in [2.24, 2.45) is 0 Å². The number of amides is 1. The molecule has 0 fully saturated rings. The molecule has 5 nitrogen and oxygen atoms in total. The van der Waals surface area contributed by atoms with Gasteiger partial charge in [-0.25, -0.2) is 14.0 Å². The molecule has 0 spiro atoms. The standard InChI is InChI=1S/C15H19BrFNO4S/c1-15(2,3)22-14(21)18-11(13(19)20)8-23-7-9-5-4-6-10(17)12(9)16/h4-6,11H,7-8H2,1-3H3,(H,18,21)(H,19,20). The monoisotopic (exact) mass is 407 g/mol. The van der Waals surface area contributed by atoms with Gasteiger partial charge in [-0.15, -0.1) is 0 Å². The Morgan fingerprint density at radius 2 is 2.09 bits per heavy atom. The van der Waals surface area contributed by atoms with Crippen LogP contribution >= 0.6 is 27.7 Å². The van der Waals surface area contributed by atoms with E-state index in [-0.39, 0.29) is 11.6 Å². The van der Waals surface area contributed by atoms with E-state index >= 15 is 0 Å². The zero-order valence-corrected chi connectivity index (χ0v) is 15.5. The van der Waals surface area contributed by atoms with Crippen LogP contribution in [0.2, 0.25) is 0 Å². The second kappa shape index (κ2) is 8.54. The number of aliphatic carboxylic acids is 1. The fourth-order valence-electron chi connectivity index (χ4n) is 1.57. The van der Waals surface area contributed by atoms with E-state index in [4.69, 9.17) is 9.84 Å². The minimum atomic E-state index is -1.15. The smallest absolute Gasteiger partial charge is 0.408 e. The lowest BCUT2D eigenvalue weighted by molar-refractivity contribution is -0.138. The zero-order valence-electron chi connectivity index (χ0n) is 13.1. The van der Waals surface area contributed by atoms with Gasteiger partial charge in [0.2, 0.25) is 0 Å². The first kappa shape index (κ1) is 19.8. The maximum absolute atomic E-state index is 13.4. The lowest BCUT2D eigenvalue weighted by Gasteiger charge is -2.21. The molecule has 23 heavy (non-hydrogen) atoms. The molecule has 0 aliphatic carbocycles. The Hall–Kier alpha value is -1.28. The lowest BCUT2D eigenvalue weighted by Crippen LogP contribution is -2.44. The Bertz CT molecular complexity index is 577. The van der Waals surface area contributed by atoms with Gasteiger partial charge in [-0.3, -0.25) is 0 Å². The van der Waals surface area contributed by atoms with E-state index in [1.807, 2.05) is 0 Å². The Morgan fingerprint density at radius 1 is 1.43 bits per heavy atom. The number of alkyl carbamates (subject to hydrolysis) is 1. The molecule has 0 radical (unpaired) electrons. The van der Waals surface area contributed by atoms with E-state index in [0.717, 1.165) is 5.56 Å². The number of carboxylic acids is 1. The quantitative estimate of drug-likeness (QED) is 0.749. The number of halogens is 2. The van der Waals surface area contributed by atoms with E-state index in [2.05, 4.69) is 21.2 Å². The molecular formula is C15H19BrFNO4S. The highest BCUT2D eigenvalue weighted by atomic mass is 79.9. The molecule has 0 saturated heterocycles. The molecule has 0 aliphatic rings. The van der Waals surface area contributed by atoms with Crippen molar-refractivity contribution in [3.63, 3.8) is 0 Å². The SMILES string of the molecule is CC(C)(C)OC(=O)NC(CSCc1cccc(F)c1Br)C(=O)O.